The molecule has 1 fully saturated rings. The van der Waals surface area contributed by atoms with E-state index in [9.17, 15) is 25.1 Å². The molecule has 0 amide bonds. The second-order valence-electron chi connectivity index (χ2n) is 6.18. The Morgan fingerprint density at radius 1 is 1.25 bits per heavy atom. The molecule has 136 valence electrons. The second kappa shape index (κ2) is 9.05. The fourth-order valence-electron chi connectivity index (χ4n) is 3.12. The molecule has 24 heavy (non-hydrogen) atoms. The van der Waals surface area contributed by atoms with Crippen molar-refractivity contribution < 1.29 is 19.9 Å². The molecule has 0 aromatic heterocycles. The molecule has 9 heteroatoms. The average Bonchev–Trinajstić information content (AvgIpc) is 2.39. The summed E-state index contributed by atoms with van der Waals surface area (Å²) in [7, 11) is 0. The number of carbonyl (C=O) groups excluding carboxylic acids is 1. The third-order valence-electron chi connectivity index (χ3n) is 3.90. The van der Waals surface area contributed by atoms with E-state index < -0.39 is 22.1 Å². The quantitative estimate of drug-likeness (QED) is 0.360. The average molecular weight is 381 g/mol. The summed E-state index contributed by atoms with van der Waals surface area (Å²) in [5.41, 5.74) is -0.628. The lowest BCUT2D eigenvalue weighted by atomic mass is 9.91. The number of benzene rings is 1. The van der Waals surface area contributed by atoms with Crippen molar-refractivity contribution >= 4 is 36.3 Å². The van der Waals surface area contributed by atoms with Crippen LogP contribution in [0.15, 0.2) is 12.1 Å². The summed E-state index contributed by atoms with van der Waals surface area (Å²) in [6.07, 6.45) is 1.12. The Morgan fingerprint density at radius 2 is 1.79 bits per heavy atom. The third-order valence-corrected chi connectivity index (χ3v) is 3.90. The molecule has 7 nitrogen and oxygen atoms in total. The van der Waals surface area contributed by atoms with E-state index >= 15 is 0 Å². The number of phenolic OH excluding ortho intramolecular Hbond substituents is 2. The Kier molecular flexibility index (Phi) is 8.46. The van der Waals surface area contributed by atoms with Crippen LogP contribution in [0.4, 0.5) is 5.69 Å². The highest BCUT2D eigenvalue weighted by molar-refractivity contribution is 5.99. The topological polar surface area (TPSA) is 104 Å². The van der Waals surface area contributed by atoms with E-state index in [4.69, 9.17) is 0 Å². The smallest absolute Gasteiger partial charge is 0.315 e. The van der Waals surface area contributed by atoms with Gasteiger partial charge < -0.3 is 10.2 Å². The molecule has 2 unspecified atom stereocenters. The van der Waals surface area contributed by atoms with Crippen molar-refractivity contribution in [2.45, 2.75) is 20.3 Å². The number of rotatable bonds is 4. The van der Waals surface area contributed by atoms with Crippen LogP contribution in [0.5, 0.6) is 11.5 Å². The third kappa shape index (κ3) is 5.22. The van der Waals surface area contributed by atoms with Gasteiger partial charge in [0.1, 0.15) is 0 Å². The molecule has 1 aliphatic heterocycles. The number of likely N-dealkylation sites (tertiary alicyclic amines) is 1. The molecule has 0 spiro atoms. The van der Waals surface area contributed by atoms with E-state index in [0.717, 1.165) is 31.6 Å². The van der Waals surface area contributed by atoms with Gasteiger partial charge in [0.2, 0.25) is 5.75 Å². The Bertz CT molecular complexity index is 602. The van der Waals surface area contributed by atoms with Gasteiger partial charge in [-0.1, -0.05) is 13.8 Å². The maximum absolute atomic E-state index is 12.3. The van der Waals surface area contributed by atoms with Crippen molar-refractivity contribution in [3.63, 3.8) is 0 Å². The molecule has 1 heterocycles. The standard InChI is InChI=1S/C15H20N2O5.2ClH/c1-9-3-10(2)7-16(6-9)8-14(19)11-4-12(17(21)22)15(20)13(18)5-11;;/h4-5,9-10,18,20H,3,6-8H2,1-2H3;2*1H. The van der Waals surface area contributed by atoms with Crippen LogP contribution in [-0.2, 0) is 0 Å². The fraction of sp³-hybridized carbons (Fsp3) is 0.533. The first kappa shape index (κ1) is 22.4. The lowest BCUT2D eigenvalue weighted by Gasteiger charge is -2.34. The van der Waals surface area contributed by atoms with Crippen molar-refractivity contribution in [1.29, 1.82) is 0 Å². The number of halogens is 2. The van der Waals surface area contributed by atoms with Gasteiger partial charge in [-0.2, -0.15) is 0 Å². The highest BCUT2D eigenvalue weighted by Gasteiger charge is 2.26. The van der Waals surface area contributed by atoms with Crippen molar-refractivity contribution in [3.8, 4) is 11.5 Å². The molecule has 2 atom stereocenters. The lowest BCUT2D eigenvalue weighted by Crippen LogP contribution is -2.41. The van der Waals surface area contributed by atoms with E-state index in [0.29, 0.717) is 11.8 Å². The highest BCUT2D eigenvalue weighted by atomic mass is 35.5. The first-order chi connectivity index (χ1) is 10.3. The Labute approximate surface area is 152 Å². The van der Waals surface area contributed by atoms with E-state index in [-0.39, 0.29) is 42.7 Å². The summed E-state index contributed by atoms with van der Waals surface area (Å²) in [6.45, 7) is 6.02. The van der Waals surface area contributed by atoms with Gasteiger partial charge in [0.15, 0.2) is 11.5 Å². The van der Waals surface area contributed by atoms with Gasteiger partial charge in [0, 0.05) is 24.7 Å². The number of aromatic hydroxyl groups is 2. The minimum atomic E-state index is -0.823. The molecular formula is C15H22Cl2N2O5. The predicted molar refractivity (Wildman–Crippen MR) is 94.6 cm³/mol. The first-order valence-electron chi connectivity index (χ1n) is 7.23. The number of Topliss-reactive ketones (excluding diaryl/α,β-unsaturated/α-hetero) is 1. The largest absolute Gasteiger partial charge is 0.504 e. The van der Waals surface area contributed by atoms with Crippen LogP contribution in [0.1, 0.15) is 30.6 Å². The molecule has 0 saturated carbocycles. The van der Waals surface area contributed by atoms with Gasteiger partial charge in [-0.3, -0.25) is 19.8 Å². The van der Waals surface area contributed by atoms with Gasteiger partial charge in [-0.15, -0.1) is 24.8 Å². The van der Waals surface area contributed by atoms with Crippen LogP contribution in [0.25, 0.3) is 0 Å². The van der Waals surface area contributed by atoms with Gasteiger partial charge in [0.25, 0.3) is 0 Å². The van der Waals surface area contributed by atoms with Crippen LogP contribution < -0.4 is 0 Å². The molecule has 1 aromatic carbocycles. The van der Waals surface area contributed by atoms with Crippen molar-refractivity contribution in [2.24, 2.45) is 11.8 Å². The number of phenols is 2. The second-order valence-corrected chi connectivity index (χ2v) is 6.18. The zero-order chi connectivity index (χ0) is 16.4. The summed E-state index contributed by atoms with van der Waals surface area (Å²) in [5, 5.41) is 29.8. The normalized spacial score (nSPS) is 20.6. The number of ketones is 1. The number of nitrogens with zero attached hydrogens (tertiary/aromatic N) is 2. The molecule has 0 bridgehead atoms. The van der Waals surface area contributed by atoms with Crippen LogP contribution >= 0.6 is 24.8 Å². The van der Waals surface area contributed by atoms with Crippen LogP contribution in [0, 0.1) is 22.0 Å². The number of piperidine rings is 1. The van der Waals surface area contributed by atoms with Gasteiger partial charge in [0.05, 0.1) is 11.5 Å². The Balaban J connectivity index is 0.00000264. The minimum absolute atomic E-state index is 0. The number of nitro groups is 1. The van der Waals surface area contributed by atoms with Crippen molar-refractivity contribution in [2.75, 3.05) is 19.6 Å². The highest BCUT2D eigenvalue weighted by Crippen LogP contribution is 2.36. The Hall–Kier alpha value is -1.57. The molecule has 2 N–H and O–H groups in total. The zero-order valence-electron chi connectivity index (χ0n) is 13.5. The van der Waals surface area contributed by atoms with Crippen molar-refractivity contribution in [1.82, 2.24) is 4.90 Å². The number of hydrogen-bond acceptors (Lipinski definition) is 6. The summed E-state index contributed by atoms with van der Waals surface area (Å²) < 4.78 is 0. The molecule has 0 aliphatic carbocycles. The molecule has 1 aliphatic rings. The SMILES string of the molecule is CC1CC(C)CN(CC(=O)c2cc(O)c(O)c([N+](=O)[O-])c2)C1.Cl.Cl. The minimum Gasteiger partial charge on any atom is -0.504 e. The van der Waals surface area contributed by atoms with Crippen LogP contribution in [0.2, 0.25) is 0 Å². The zero-order valence-corrected chi connectivity index (χ0v) is 15.1. The number of carbonyl (C=O) groups is 1. The predicted octanol–water partition coefficient (Wildman–Crippen LogP) is 3.01. The summed E-state index contributed by atoms with van der Waals surface area (Å²) in [5.74, 6) is -0.780. The monoisotopic (exact) mass is 380 g/mol. The molecule has 0 radical (unpaired) electrons. The maximum Gasteiger partial charge on any atom is 0.315 e. The van der Waals surface area contributed by atoms with Crippen LogP contribution in [0.3, 0.4) is 0 Å². The van der Waals surface area contributed by atoms with Crippen LogP contribution in [-0.4, -0.2) is 45.5 Å². The Morgan fingerprint density at radius 3 is 2.29 bits per heavy atom. The van der Waals surface area contributed by atoms with Gasteiger partial charge >= 0.3 is 5.69 Å². The molecular weight excluding hydrogens is 359 g/mol. The van der Waals surface area contributed by atoms with E-state index in [2.05, 4.69) is 13.8 Å². The van der Waals surface area contributed by atoms with Gasteiger partial charge in [-0.25, -0.2) is 0 Å². The first-order valence-corrected chi connectivity index (χ1v) is 7.23. The van der Waals surface area contributed by atoms with E-state index in [1.165, 1.54) is 0 Å². The van der Waals surface area contributed by atoms with E-state index in [1.807, 2.05) is 4.90 Å². The maximum atomic E-state index is 12.3. The number of hydrogen-bond donors (Lipinski definition) is 2. The summed E-state index contributed by atoms with van der Waals surface area (Å²) >= 11 is 0. The fourth-order valence-corrected chi connectivity index (χ4v) is 3.12. The van der Waals surface area contributed by atoms with Gasteiger partial charge in [-0.05, 0) is 24.3 Å². The molecule has 2 rings (SSSR count). The molecule has 1 aromatic rings. The molecule has 1 saturated heterocycles. The summed E-state index contributed by atoms with van der Waals surface area (Å²) in [6, 6.07) is 2.08. The summed E-state index contributed by atoms with van der Waals surface area (Å²) in [4.78, 5) is 24.3. The number of nitro benzene ring substituents is 1. The van der Waals surface area contributed by atoms with E-state index in [1.54, 1.807) is 0 Å². The lowest BCUT2D eigenvalue weighted by molar-refractivity contribution is -0.386. The van der Waals surface area contributed by atoms with Crippen molar-refractivity contribution in [3.05, 3.63) is 27.8 Å².